The third-order valence-corrected chi connectivity index (χ3v) is 4.77. The highest BCUT2D eigenvalue weighted by atomic mass is 16.6. The second-order valence-electron chi connectivity index (χ2n) is 7.10. The van der Waals surface area contributed by atoms with Crippen molar-refractivity contribution in [1.82, 2.24) is 4.98 Å². The highest BCUT2D eigenvalue weighted by Crippen LogP contribution is 2.27. The molecular formula is C25H20N2O5. The summed E-state index contributed by atoms with van der Waals surface area (Å²) in [6.07, 6.45) is 2.51. The molecular weight excluding hydrogens is 408 g/mol. The van der Waals surface area contributed by atoms with E-state index in [1.165, 1.54) is 12.1 Å². The molecule has 0 saturated carbocycles. The maximum atomic E-state index is 13.4. The molecule has 0 N–H and O–H groups in total. The molecule has 7 nitrogen and oxygen atoms in total. The number of aromatic nitrogens is 1. The Balaban J connectivity index is 1.74. The van der Waals surface area contributed by atoms with Crippen molar-refractivity contribution in [3.63, 3.8) is 0 Å². The van der Waals surface area contributed by atoms with Crippen LogP contribution >= 0.6 is 0 Å². The van der Waals surface area contributed by atoms with Gasteiger partial charge in [-0.15, -0.1) is 0 Å². The minimum absolute atomic E-state index is 0.0282. The number of rotatable bonds is 8. The van der Waals surface area contributed by atoms with Crippen molar-refractivity contribution in [1.29, 1.82) is 0 Å². The predicted molar refractivity (Wildman–Crippen MR) is 122 cm³/mol. The second kappa shape index (κ2) is 9.26. The number of benzene rings is 3. The van der Waals surface area contributed by atoms with Gasteiger partial charge in [0.2, 0.25) is 5.89 Å². The fourth-order valence-corrected chi connectivity index (χ4v) is 3.15. The molecule has 0 unspecified atom stereocenters. The summed E-state index contributed by atoms with van der Waals surface area (Å²) < 4.78 is 11.4. The number of allylic oxidation sites excluding steroid dienone is 1. The molecule has 0 spiro atoms. The van der Waals surface area contributed by atoms with Gasteiger partial charge in [-0.3, -0.25) is 14.9 Å². The number of carbonyl (C=O) groups is 1. The van der Waals surface area contributed by atoms with E-state index in [2.05, 4.69) is 4.98 Å². The minimum Gasteiger partial charge on any atom is -0.494 e. The monoisotopic (exact) mass is 428 g/mol. The molecule has 0 aliphatic rings. The van der Waals surface area contributed by atoms with Gasteiger partial charge in [0.1, 0.15) is 11.3 Å². The Kier molecular flexibility index (Phi) is 6.07. The van der Waals surface area contributed by atoms with E-state index in [0.29, 0.717) is 34.6 Å². The number of nitrogens with zero attached hydrogens (tertiary/aromatic N) is 2. The number of ether oxygens (including phenoxy) is 1. The number of para-hydroxylation sites is 2. The van der Waals surface area contributed by atoms with Crippen LogP contribution in [0.2, 0.25) is 0 Å². The molecule has 4 aromatic rings. The van der Waals surface area contributed by atoms with Gasteiger partial charge >= 0.3 is 0 Å². The van der Waals surface area contributed by atoms with Gasteiger partial charge in [0.15, 0.2) is 11.4 Å². The fraction of sp³-hybridized carbons (Fsp3) is 0.120. The minimum atomic E-state index is -0.470. The van der Waals surface area contributed by atoms with Gasteiger partial charge in [-0.25, -0.2) is 4.98 Å². The molecule has 0 fully saturated rings. The van der Waals surface area contributed by atoms with E-state index in [-0.39, 0.29) is 22.9 Å². The molecule has 4 rings (SSSR count). The van der Waals surface area contributed by atoms with E-state index in [1.807, 2.05) is 19.1 Å². The number of hydrogen-bond acceptors (Lipinski definition) is 6. The van der Waals surface area contributed by atoms with E-state index < -0.39 is 4.92 Å². The molecule has 0 saturated heterocycles. The molecule has 1 aromatic heterocycles. The van der Waals surface area contributed by atoms with Gasteiger partial charge in [0.05, 0.1) is 17.1 Å². The number of nitro groups is 1. The largest absolute Gasteiger partial charge is 0.494 e. The van der Waals surface area contributed by atoms with Crippen LogP contribution in [-0.2, 0) is 0 Å². The smallest absolute Gasteiger partial charge is 0.269 e. The van der Waals surface area contributed by atoms with E-state index in [0.717, 1.165) is 6.42 Å². The first-order valence-corrected chi connectivity index (χ1v) is 10.1. The first-order chi connectivity index (χ1) is 15.5. The quantitative estimate of drug-likeness (QED) is 0.149. The van der Waals surface area contributed by atoms with Crippen LogP contribution in [0.4, 0.5) is 5.69 Å². The van der Waals surface area contributed by atoms with Crippen molar-refractivity contribution in [2.24, 2.45) is 0 Å². The number of oxazole rings is 1. The van der Waals surface area contributed by atoms with Gasteiger partial charge in [-0.1, -0.05) is 19.1 Å². The van der Waals surface area contributed by atoms with Crippen molar-refractivity contribution in [2.45, 2.75) is 13.3 Å². The van der Waals surface area contributed by atoms with Gasteiger partial charge in [-0.05, 0) is 66.6 Å². The van der Waals surface area contributed by atoms with Crippen LogP contribution in [0.15, 0.2) is 77.2 Å². The summed E-state index contributed by atoms with van der Waals surface area (Å²) in [6, 6.07) is 20.1. The zero-order valence-electron chi connectivity index (χ0n) is 17.4. The molecule has 0 aliphatic heterocycles. The zero-order valence-corrected chi connectivity index (χ0v) is 17.4. The SMILES string of the molecule is CCCOc1ccc(C(=O)/C(=C/c2ccc([N+](=O)[O-])cc2)c2nc3ccccc3o2)cc1. The van der Waals surface area contributed by atoms with Gasteiger partial charge in [0, 0.05) is 17.7 Å². The number of carbonyl (C=O) groups excluding carboxylic acids is 1. The lowest BCUT2D eigenvalue weighted by molar-refractivity contribution is -0.384. The highest BCUT2D eigenvalue weighted by Gasteiger charge is 2.20. The van der Waals surface area contributed by atoms with Crippen molar-refractivity contribution in [3.8, 4) is 5.75 Å². The molecule has 0 radical (unpaired) electrons. The van der Waals surface area contributed by atoms with E-state index in [9.17, 15) is 14.9 Å². The predicted octanol–water partition coefficient (Wildman–Crippen LogP) is 5.95. The normalized spacial score (nSPS) is 11.5. The Labute approximate surface area is 184 Å². The zero-order chi connectivity index (χ0) is 22.5. The Morgan fingerprint density at radius 3 is 2.44 bits per heavy atom. The topological polar surface area (TPSA) is 95.5 Å². The highest BCUT2D eigenvalue weighted by molar-refractivity contribution is 6.31. The third-order valence-electron chi connectivity index (χ3n) is 4.77. The first-order valence-electron chi connectivity index (χ1n) is 10.1. The molecule has 1 heterocycles. The molecule has 32 heavy (non-hydrogen) atoms. The lowest BCUT2D eigenvalue weighted by atomic mass is 10.0. The van der Waals surface area contributed by atoms with Crippen molar-refractivity contribution >= 4 is 34.2 Å². The Bertz CT molecular complexity index is 1260. The number of fused-ring (bicyclic) bond motifs is 1. The van der Waals surface area contributed by atoms with Crippen LogP contribution in [-0.4, -0.2) is 22.3 Å². The number of non-ortho nitro benzene ring substituents is 1. The Morgan fingerprint density at radius 1 is 1.06 bits per heavy atom. The van der Waals surface area contributed by atoms with E-state index in [1.54, 1.807) is 54.6 Å². The summed E-state index contributed by atoms with van der Waals surface area (Å²) in [5.41, 5.74) is 2.48. The number of Topliss-reactive ketones (excluding diaryl/α,β-unsaturated/α-hetero) is 1. The summed E-state index contributed by atoms with van der Waals surface area (Å²) >= 11 is 0. The lowest BCUT2D eigenvalue weighted by Crippen LogP contribution is -2.04. The van der Waals surface area contributed by atoms with Crippen LogP contribution in [0.5, 0.6) is 5.75 Å². The van der Waals surface area contributed by atoms with Crippen molar-refractivity contribution in [2.75, 3.05) is 6.61 Å². The van der Waals surface area contributed by atoms with Crippen LogP contribution in [0.3, 0.4) is 0 Å². The standard InChI is InChI=1S/C25H20N2O5/c1-2-15-31-20-13-9-18(10-14-20)24(28)21(16-17-7-11-19(12-8-17)27(29)30)25-26-22-5-3-4-6-23(22)32-25/h3-14,16H,2,15H2,1H3/b21-16-. The molecule has 3 aromatic carbocycles. The van der Waals surface area contributed by atoms with Crippen molar-refractivity contribution < 1.29 is 18.9 Å². The second-order valence-corrected chi connectivity index (χ2v) is 7.10. The third kappa shape index (κ3) is 4.57. The molecule has 0 bridgehead atoms. The van der Waals surface area contributed by atoms with Crippen LogP contribution < -0.4 is 4.74 Å². The van der Waals surface area contributed by atoms with E-state index >= 15 is 0 Å². The fourth-order valence-electron chi connectivity index (χ4n) is 3.15. The Hall–Kier alpha value is -4.26. The summed E-state index contributed by atoms with van der Waals surface area (Å²) in [7, 11) is 0. The van der Waals surface area contributed by atoms with Crippen LogP contribution in [0.1, 0.15) is 35.2 Å². The van der Waals surface area contributed by atoms with Crippen LogP contribution in [0.25, 0.3) is 22.7 Å². The summed E-state index contributed by atoms with van der Waals surface area (Å²) in [5, 5.41) is 10.9. The molecule has 0 aliphatic carbocycles. The lowest BCUT2D eigenvalue weighted by Gasteiger charge is -2.07. The maximum absolute atomic E-state index is 13.4. The van der Waals surface area contributed by atoms with E-state index in [4.69, 9.17) is 9.15 Å². The molecule has 7 heteroatoms. The molecule has 0 atom stereocenters. The van der Waals surface area contributed by atoms with Crippen molar-refractivity contribution in [3.05, 3.63) is 99.9 Å². The summed E-state index contributed by atoms with van der Waals surface area (Å²) in [5.74, 6) is 0.587. The number of ketones is 1. The van der Waals surface area contributed by atoms with Gasteiger partial charge < -0.3 is 9.15 Å². The van der Waals surface area contributed by atoms with Gasteiger partial charge in [-0.2, -0.15) is 0 Å². The Morgan fingerprint density at radius 2 is 1.78 bits per heavy atom. The maximum Gasteiger partial charge on any atom is 0.269 e. The first kappa shape index (κ1) is 21.0. The number of nitro benzene ring substituents is 1. The summed E-state index contributed by atoms with van der Waals surface area (Å²) in [6.45, 7) is 2.62. The number of hydrogen-bond donors (Lipinski definition) is 0. The van der Waals surface area contributed by atoms with Crippen LogP contribution in [0, 0.1) is 10.1 Å². The van der Waals surface area contributed by atoms with Gasteiger partial charge in [0.25, 0.3) is 5.69 Å². The average molecular weight is 428 g/mol. The summed E-state index contributed by atoms with van der Waals surface area (Å²) in [4.78, 5) is 28.4. The molecule has 0 amide bonds. The average Bonchev–Trinajstić information content (AvgIpc) is 3.25. The molecule has 160 valence electrons.